The lowest BCUT2D eigenvalue weighted by molar-refractivity contribution is -0.0599. The van der Waals surface area contributed by atoms with Crippen LogP contribution in [0, 0.1) is 11.6 Å². The highest BCUT2D eigenvalue weighted by molar-refractivity contribution is 5.99. The van der Waals surface area contributed by atoms with Crippen molar-refractivity contribution < 1.29 is 28.2 Å². The average molecular weight is 474 g/mol. The summed E-state index contributed by atoms with van der Waals surface area (Å²) in [5.41, 5.74) is -1.58. The fourth-order valence-electron chi connectivity index (χ4n) is 5.00. The number of ether oxygens (including phenoxy) is 1. The third kappa shape index (κ3) is 3.42. The molecule has 3 aliphatic rings. The Balaban J connectivity index is 1.53. The molecule has 2 bridgehead atoms. The standard InChI is InChI=1S/C23H24F2N4O5/c1-11(2)29-22-17-6-5-14(34-17)9-28(22)27-10-15(19(30)20(31)18(27)23(29)33)21(32)26-8-12-3-4-13(24)7-16(12)25/h3-4,7,10-11,14,17,22,31H,5-6,8-9H2,1-2H3,(H,26,32)/t14-,17+,22+/m0/s1. The third-order valence-electron chi connectivity index (χ3n) is 6.59. The third-order valence-corrected chi connectivity index (χ3v) is 6.59. The van der Waals surface area contributed by atoms with Crippen molar-refractivity contribution in [3.8, 4) is 5.75 Å². The van der Waals surface area contributed by atoms with Gasteiger partial charge in [-0.1, -0.05) is 6.07 Å². The van der Waals surface area contributed by atoms with Crippen LogP contribution in [0.3, 0.4) is 0 Å². The maximum absolute atomic E-state index is 13.9. The molecule has 2 saturated heterocycles. The summed E-state index contributed by atoms with van der Waals surface area (Å²) in [5, 5.41) is 15.0. The quantitative estimate of drug-likeness (QED) is 0.695. The molecule has 180 valence electrons. The topological polar surface area (TPSA) is 104 Å². The van der Waals surface area contributed by atoms with Gasteiger partial charge in [0.15, 0.2) is 11.4 Å². The highest BCUT2D eigenvalue weighted by Gasteiger charge is 2.51. The van der Waals surface area contributed by atoms with Crippen LogP contribution < -0.4 is 15.8 Å². The first-order chi connectivity index (χ1) is 16.2. The van der Waals surface area contributed by atoms with Gasteiger partial charge in [0.25, 0.3) is 11.8 Å². The van der Waals surface area contributed by atoms with Crippen LogP contribution in [0.5, 0.6) is 5.75 Å². The van der Waals surface area contributed by atoms with Crippen LogP contribution >= 0.6 is 0 Å². The number of morpholine rings is 1. The van der Waals surface area contributed by atoms with E-state index in [9.17, 15) is 28.3 Å². The van der Waals surface area contributed by atoms with Gasteiger partial charge in [0.05, 0.1) is 18.8 Å². The summed E-state index contributed by atoms with van der Waals surface area (Å²) in [7, 11) is 0. The van der Waals surface area contributed by atoms with E-state index in [1.165, 1.54) is 16.9 Å². The van der Waals surface area contributed by atoms with E-state index < -0.39 is 46.4 Å². The zero-order valence-corrected chi connectivity index (χ0v) is 18.6. The number of nitrogens with one attached hydrogen (secondary N) is 1. The van der Waals surface area contributed by atoms with E-state index >= 15 is 0 Å². The summed E-state index contributed by atoms with van der Waals surface area (Å²) in [6, 6.07) is 2.72. The molecule has 34 heavy (non-hydrogen) atoms. The number of halogens is 2. The number of hydrogen-bond acceptors (Lipinski definition) is 6. The van der Waals surface area contributed by atoms with Crippen LogP contribution in [0.4, 0.5) is 8.78 Å². The minimum absolute atomic E-state index is 0.0320. The monoisotopic (exact) mass is 474 g/mol. The molecule has 3 atom stereocenters. The first kappa shape index (κ1) is 22.3. The zero-order valence-electron chi connectivity index (χ0n) is 18.6. The molecule has 11 heteroatoms. The van der Waals surface area contributed by atoms with Crippen LogP contribution in [-0.2, 0) is 11.3 Å². The second-order valence-corrected chi connectivity index (χ2v) is 9.05. The number of carbonyl (C=O) groups excluding carboxylic acids is 2. The summed E-state index contributed by atoms with van der Waals surface area (Å²) in [4.78, 5) is 40.7. The molecule has 0 aliphatic carbocycles. The fourth-order valence-corrected chi connectivity index (χ4v) is 5.00. The van der Waals surface area contributed by atoms with Crippen molar-refractivity contribution >= 4 is 11.8 Å². The van der Waals surface area contributed by atoms with E-state index in [1.54, 1.807) is 4.90 Å². The molecule has 1 aromatic heterocycles. The molecule has 0 spiro atoms. The molecule has 9 nitrogen and oxygen atoms in total. The van der Waals surface area contributed by atoms with E-state index in [0.717, 1.165) is 18.9 Å². The van der Waals surface area contributed by atoms with Gasteiger partial charge in [-0.15, -0.1) is 0 Å². The van der Waals surface area contributed by atoms with Crippen molar-refractivity contribution in [1.82, 2.24) is 14.9 Å². The van der Waals surface area contributed by atoms with Crippen LogP contribution in [0.2, 0.25) is 0 Å². The molecular formula is C23H24F2N4O5. The Hall–Kier alpha value is -3.47. The zero-order chi connectivity index (χ0) is 24.3. The van der Waals surface area contributed by atoms with Gasteiger partial charge in [-0.25, -0.2) is 8.78 Å². The van der Waals surface area contributed by atoms with Crippen molar-refractivity contribution in [2.75, 3.05) is 11.6 Å². The van der Waals surface area contributed by atoms with Gasteiger partial charge in [-0.05, 0) is 32.8 Å². The first-order valence-electron chi connectivity index (χ1n) is 11.1. The number of fused-ring (bicyclic) bond motifs is 6. The van der Waals surface area contributed by atoms with Gasteiger partial charge in [0.1, 0.15) is 23.4 Å². The minimum Gasteiger partial charge on any atom is -0.502 e. The number of aromatic hydroxyl groups is 1. The molecule has 2 N–H and O–H groups in total. The molecule has 5 rings (SSSR count). The molecule has 1 aromatic carbocycles. The number of amides is 2. The number of pyridine rings is 1. The Labute approximate surface area is 193 Å². The minimum atomic E-state index is -1.00. The summed E-state index contributed by atoms with van der Waals surface area (Å²) in [5.74, 6) is -3.80. The SMILES string of the molecule is CC(C)N1C(=O)c2c(O)c(=O)c(C(=O)NCc3ccc(F)cc3F)cn2N2C[C@@H]3CC[C@@H](O3)[C@@H]12. The van der Waals surface area contributed by atoms with E-state index in [4.69, 9.17) is 4.74 Å². The Bertz CT molecular complexity index is 1250. The highest BCUT2D eigenvalue weighted by atomic mass is 19.1. The Morgan fingerprint density at radius 3 is 2.74 bits per heavy atom. The molecule has 0 radical (unpaired) electrons. The molecule has 2 aromatic rings. The maximum Gasteiger partial charge on any atom is 0.278 e. The number of hydrogen-bond donors (Lipinski definition) is 2. The Morgan fingerprint density at radius 2 is 2.03 bits per heavy atom. The maximum atomic E-state index is 13.9. The second kappa shape index (κ2) is 8.08. The Morgan fingerprint density at radius 1 is 1.26 bits per heavy atom. The van der Waals surface area contributed by atoms with Gasteiger partial charge in [0, 0.05) is 30.4 Å². The number of nitrogens with zero attached hydrogens (tertiary/aromatic N) is 3. The lowest BCUT2D eigenvalue weighted by Gasteiger charge is -2.52. The number of rotatable bonds is 4. The first-order valence-corrected chi connectivity index (χ1v) is 11.1. The van der Waals surface area contributed by atoms with E-state index in [-0.39, 0.29) is 36.1 Å². The largest absolute Gasteiger partial charge is 0.502 e. The summed E-state index contributed by atoms with van der Waals surface area (Å²) < 4.78 is 34.5. The predicted octanol–water partition coefficient (Wildman–Crippen LogP) is 1.45. The lowest BCUT2D eigenvalue weighted by Crippen LogP contribution is -2.70. The summed E-state index contributed by atoms with van der Waals surface area (Å²) in [6.07, 6.45) is 2.05. The van der Waals surface area contributed by atoms with Crippen molar-refractivity contribution in [1.29, 1.82) is 0 Å². The van der Waals surface area contributed by atoms with Crippen molar-refractivity contribution in [3.05, 3.63) is 63.1 Å². The van der Waals surface area contributed by atoms with Crippen molar-refractivity contribution in [2.24, 2.45) is 0 Å². The van der Waals surface area contributed by atoms with E-state index in [1.807, 2.05) is 18.9 Å². The normalized spacial score (nSPS) is 23.2. The lowest BCUT2D eigenvalue weighted by atomic mass is 10.1. The predicted molar refractivity (Wildman–Crippen MR) is 116 cm³/mol. The summed E-state index contributed by atoms with van der Waals surface area (Å²) in [6.45, 7) is 3.81. The second-order valence-electron chi connectivity index (χ2n) is 9.05. The van der Waals surface area contributed by atoms with E-state index in [0.29, 0.717) is 12.6 Å². The van der Waals surface area contributed by atoms with Crippen LogP contribution in [0.1, 0.15) is 53.1 Å². The van der Waals surface area contributed by atoms with Crippen molar-refractivity contribution in [2.45, 2.75) is 57.6 Å². The van der Waals surface area contributed by atoms with Gasteiger partial charge in [-0.2, -0.15) is 0 Å². The van der Waals surface area contributed by atoms with Crippen LogP contribution in [-0.4, -0.2) is 57.5 Å². The van der Waals surface area contributed by atoms with E-state index in [2.05, 4.69) is 5.32 Å². The highest BCUT2D eigenvalue weighted by Crippen LogP contribution is 2.37. The average Bonchev–Trinajstić information content (AvgIpc) is 3.17. The Kier molecular flexibility index (Phi) is 5.31. The van der Waals surface area contributed by atoms with Gasteiger partial charge >= 0.3 is 0 Å². The van der Waals surface area contributed by atoms with Gasteiger partial charge in [0.2, 0.25) is 5.43 Å². The molecule has 0 saturated carbocycles. The number of benzene rings is 1. The van der Waals surface area contributed by atoms with Crippen LogP contribution in [0.15, 0.2) is 29.2 Å². The van der Waals surface area contributed by atoms with Crippen LogP contribution in [0.25, 0.3) is 0 Å². The van der Waals surface area contributed by atoms with Gasteiger partial charge in [-0.3, -0.25) is 24.1 Å². The number of aromatic nitrogens is 1. The molecule has 0 unspecified atom stereocenters. The molecule has 2 fully saturated rings. The van der Waals surface area contributed by atoms with Gasteiger partial charge < -0.3 is 20.1 Å². The molecule has 4 heterocycles. The number of carbonyl (C=O) groups is 2. The summed E-state index contributed by atoms with van der Waals surface area (Å²) >= 11 is 0. The van der Waals surface area contributed by atoms with Crippen molar-refractivity contribution in [3.63, 3.8) is 0 Å². The molecule has 3 aliphatic heterocycles. The molecular weight excluding hydrogens is 450 g/mol. The fraction of sp³-hybridized carbons (Fsp3) is 0.435. The molecule has 2 amide bonds. The smallest absolute Gasteiger partial charge is 0.278 e.